The molecule has 20 heavy (non-hydrogen) atoms. The van der Waals surface area contributed by atoms with Crippen LogP contribution in [0.2, 0.25) is 10.0 Å². The Morgan fingerprint density at radius 2 is 1.85 bits per heavy atom. The van der Waals surface area contributed by atoms with E-state index in [9.17, 15) is 4.39 Å². The Kier molecular flexibility index (Phi) is 5.19. The predicted octanol–water partition coefficient (Wildman–Crippen LogP) is 6.23. The van der Waals surface area contributed by atoms with Crippen molar-refractivity contribution in [2.24, 2.45) is 0 Å². The SMILES string of the molecule is COc1cc(Cl)c(C(Cl)c2cccc(F)c2Br)cc1Cl. The number of benzene rings is 2. The maximum atomic E-state index is 13.6. The highest BCUT2D eigenvalue weighted by Crippen LogP contribution is 2.41. The lowest BCUT2D eigenvalue weighted by Crippen LogP contribution is -1.98. The summed E-state index contributed by atoms with van der Waals surface area (Å²) >= 11 is 21.9. The average molecular weight is 398 g/mol. The summed E-state index contributed by atoms with van der Waals surface area (Å²) in [5.41, 5.74) is 1.17. The van der Waals surface area contributed by atoms with E-state index in [1.165, 1.54) is 13.2 Å². The summed E-state index contributed by atoms with van der Waals surface area (Å²) in [6.07, 6.45) is 0. The lowest BCUT2D eigenvalue weighted by Gasteiger charge is -2.16. The minimum Gasteiger partial charge on any atom is -0.495 e. The Balaban J connectivity index is 2.51. The van der Waals surface area contributed by atoms with E-state index in [1.807, 2.05) is 0 Å². The molecule has 2 rings (SSSR count). The third-order valence-electron chi connectivity index (χ3n) is 2.80. The molecule has 0 aromatic heterocycles. The minimum atomic E-state index is -0.629. The molecule has 1 unspecified atom stereocenters. The fourth-order valence-electron chi connectivity index (χ4n) is 1.78. The lowest BCUT2D eigenvalue weighted by molar-refractivity contribution is 0.415. The number of rotatable bonds is 3. The van der Waals surface area contributed by atoms with E-state index in [0.717, 1.165) is 0 Å². The maximum Gasteiger partial charge on any atom is 0.138 e. The van der Waals surface area contributed by atoms with Gasteiger partial charge in [-0.25, -0.2) is 4.39 Å². The van der Waals surface area contributed by atoms with E-state index in [1.54, 1.807) is 24.3 Å². The number of methoxy groups -OCH3 is 1. The number of alkyl halides is 1. The molecule has 0 spiro atoms. The van der Waals surface area contributed by atoms with Crippen molar-refractivity contribution in [2.45, 2.75) is 5.38 Å². The molecular weight excluding hydrogens is 389 g/mol. The van der Waals surface area contributed by atoms with Gasteiger partial charge in [-0.1, -0.05) is 35.3 Å². The van der Waals surface area contributed by atoms with Gasteiger partial charge in [-0.05, 0) is 39.2 Å². The van der Waals surface area contributed by atoms with Crippen molar-refractivity contribution >= 4 is 50.7 Å². The van der Waals surface area contributed by atoms with E-state index in [2.05, 4.69) is 15.9 Å². The smallest absolute Gasteiger partial charge is 0.138 e. The van der Waals surface area contributed by atoms with Crippen molar-refractivity contribution in [1.82, 2.24) is 0 Å². The molecule has 0 amide bonds. The topological polar surface area (TPSA) is 9.23 Å². The van der Waals surface area contributed by atoms with Gasteiger partial charge in [-0.3, -0.25) is 0 Å². The summed E-state index contributed by atoms with van der Waals surface area (Å²) in [6.45, 7) is 0. The van der Waals surface area contributed by atoms with E-state index in [4.69, 9.17) is 39.5 Å². The molecule has 0 aliphatic heterocycles. The first-order valence-corrected chi connectivity index (χ1v) is 7.55. The van der Waals surface area contributed by atoms with Gasteiger partial charge in [0.2, 0.25) is 0 Å². The van der Waals surface area contributed by atoms with Crippen LogP contribution in [0.1, 0.15) is 16.5 Å². The van der Waals surface area contributed by atoms with Crippen LogP contribution >= 0.6 is 50.7 Å². The van der Waals surface area contributed by atoms with Gasteiger partial charge in [0.05, 0.1) is 22.0 Å². The first-order valence-electron chi connectivity index (χ1n) is 5.56. The van der Waals surface area contributed by atoms with Gasteiger partial charge in [-0.15, -0.1) is 11.6 Å². The maximum absolute atomic E-state index is 13.6. The Labute approximate surface area is 139 Å². The van der Waals surface area contributed by atoms with Crippen LogP contribution in [0.4, 0.5) is 4.39 Å². The molecule has 1 nitrogen and oxygen atoms in total. The number of hydrogen-bond donors (Lipinski definition) is 0. The zero-order valence-electron chi connectivity index (χ0n) is 10.3. The van der Waals surface area contributed by atoms with Crippen LogP contribution in [0, 0.1) is 5.82 Å². The third-order valence-corrected chi connectivity index (χ3v) is 4.73. The van der Waals surface area contributed by atoms with Gasteiger partial charge in [-0.2, -0.15) is 0 Å². The van der Waals surface area contributed by atoms with E-state index in [-0.39, 0.29) is 5.82 Å². The summed E-state index contributed by atoms with van der Waals surface area (Å²) in [7, 11) is 1.50. The molecule has 106 valence electrons. The quantitative estimate of drug-likeness (QED) is 0.557. The van der Waals surface area contributed by atoms with Gasteiger partial charge in [0, 0.05) is 11.1 Å². The van der Waals surface area contributed by atoms with Crippen molar-refractivity contribution in [3.8, 4) is 5.75 Å². The minimum absolute atomic E-state index is 0.308. The zero-order valence-corrected chi connectivity index (χ0v) is 14.1. The molecule has 0 saturated carbocycles. The van der Waals surface area contributed by atoms with Crippen LogP contribution in [0.5, 0.6) is 5.75 Å². The van der Waals surface area contributed by atoms with Crippen LogP contribution < -0.4 is 4.74 Å². The van der Waals surface area contributed by atoms with Crippen molar-refractivity contribution < 1.29 is 9.13 Å². The molecule has 0 heterocycles. The predicted molar refractivity (Wildman–Crippen MR) is 84.8 cm³/mol. The second kappa shape index (κ2) is 6.52. The summed E-state index contributed by atoms with van der Waals surface area (Å²) in [5, 5.41) is 0.170. The number of ether oxygens (including phenoxy) is 1. The van der Waals surface area contributed by atoms with Crippen LogP contribution in [0.25, 0.3) is 0 Å². The van der Waals surface area contributed by atoms with E-state index < -0.39 is 5.38 Å². The molecule has 0 aliphatic rings. The van der Waals surface area contributed by atoms with Crippen molar-refractivity contribution in [2.75, 3.05) is 7.11 Å². The van der Waals surface area contributed by atoms with Crippen LogP contribution in [-0.4, -0.2) is 7.11 Å². The molecule has 0 N–H and O–H groups in total. The molecule has 0 aliphatic carbocycles. The van der Waals surface area contributed by atoms with E-state index >= 15 is 0 Å². The highest BCUT2D eigenvalue weighted by atomic mass is 79.9. The first-order chi connectivity index (χ1) is 9.45. The second-order valence-electron chi connectivity index (χ2n) is 4.01. The fraction of sp³-hybridized carbons (Fsp3) is 0.143. The Bertz CT molecular complexity index is 649. The van der Waals surface area contributed by atoms with Crippen LogP contribution in [0.3, 0.4) is 0 Å². The zero-order chi connectivity index (χ0) is 14.9. The highest BCUT2D eigenvalue weighted by molar-refractivity contribution is 9.10. The largest absolute Gasteiger partial charge is 0.495 e. The number of hydrogen-bond acceptors (Lipinski definition) is 1. The summed E-state index contributed by atoms with van der Waals surface area (Å²) < 4.78 is 19.0. The Morgan fingerprint density at radius 1 is 1.15 bits per heavy atom. The molecule has 0 saturated heterocycles. The molecule has 6 heteroatoms. The molecule has 0 radical (unpaired) electrons. The Hall–Kier alpha value is -0.480. The molecule has 0 fully saturated rings. The molecular formula is C14H9BrCl3FO. The van der Waals surface area contributed by atoms with Gasteiger partial charge in [0.25, 0.3) is 0 Å². The normalized spacial score (nSPS) is 12.3. The lowest BCUT2D eigenvalue weighted by atomic mass is 10.0. The summed E-state index contributed by atoms with van der Waals surface area (Å²) in [4.78, 5) is 0. The molecule has 1 atom stereocenters. The third kappa shape index (κ3) is 3.06. The van der Waals surface area contributed by atoms with Crippen molar-refractivity contribution in [3.63, 3.8) is 0 Å². The summed E-state index contributed by atoms with van der Waals surface area (Å²) in [5.74, 6) is 0.0754. The van der Waals surface area contributed by atoms with Crippen molar-refractivity contribution in [1.29, 1.82) is 0 Å². The van der Waals surface area contributed by atoms with Crippen LogP contribution in [-0.2, 0) is 0 Å². The second-order valence-corrected chi connectivity index (χ2v) is 6.06. The summed E-state index contributed by atoms with van der Waals surface area (Å²) in [6, 6.07) is 7.86. The van der Waals surface area contributed by atoms with Crippen LogP contribution in [0.15, 0.2) is 34.8 Å². The molecule has 0 bridgehead atoms. The fourth-order valence-corrected chi connectivity index (χ4v) is 3.33. The highest BCUT2D eigenvalue weighted by Gasteiger charge is 2.20. The standard InChI is InChI=1S/C14H9BrCl3FO/c1-20-12-6-9(16)8(5-10(12)17)14(18)7-3-2-4-11(19)13(7)15/h2-6,14H,1H3. The van der Waals surface area contributed by atoms with Crippen molar-refractivity contribution in [3.05, 3.63) is 61.8 Å². The monoisotopic (exact) mass is 396 g/mol. The van der Waals surface area contributed by atoms with Gasteiger partial charge in [0.1, 0.15) is 11.6 Å². The average Bonchev–Trinajstić information content (AvgIpc) is 2.43. The number of halogens is 5. The van der Waals surface area contributed by atoms with Gasteiger partial charge >= 0.3 is 0 Å². The Morgan fingerprint density at radius 3 is 2.50 bits per heavy atom. The van der Waals surface area contributed by atoms with Gasteiger partial charge < -0.3 is 4.74 Å². The van der Waals surface area contributed by atoms with Gasteiger partial charge in [0.15, 0.2) is 0 Å². The molecule has 2 aromatic carbocycles. The first kappa shape index (κ1) is 15.9. The van der Waals surface area contributed by atoms with E-state index in [0.29, 0.717) is 31.4 Å². The molecule has 2 aromatic rings.